The SMILES string of the molecule is CCC(C)(C)C(=O)OC(C)C(F)(F)S(=O)(=O)[O-].CCC(C)(C)C(=O)OC12CC3CC(C1)CC(C(=O)OC(C(F)(F)F)C(F)(F)S(=O)(=O)[O-])(C3)C2.CCC(C)(C)C(=O)OC1C2CC3C1OC(=O)C3C2C(=O)Oc1ccc(S(=O)(=O)[O-])cc1.c1ccc([S+](c2ccccc2)c2ccccc2)cc1.c1ccc([S+](c2ccccc2)c2ccccc2)cc1.c1ccc([S+]2c3ccccc3Oc3ccccc32)cc1. The molecule has 6 bridgehead atoms. The molecular weight excluding hydrogens is 1930 g/mol. The van der Waals surface area contributed by atoms with Gasteiger partial charge < -0.3 is 46.8 Å². The van der Waals surface area contributed by atoms with Gasteiger partial charge in [-0.05, 0) is 252 Å². The van der Waals surface area contributed by atoms with Gasteiger partial charge in [-0.2, -0.15) is 30.7 Å². The molecule has 7 fully saturated rings. The third kappa shape index (κ3) is 24.8. The molecule has 18 rings (SSSR count). The first-order valence-corrected chi connectivity index (χ1v) is 52.8. The van der Waals surface area contributed by atoms with Crippen LogP contribution in [-0.4, -0.2) is 121 Å². The summed E-state index contributed by atoms with van der Waals surface area (Å²) in [7, 11) is -17.4. The van der Waals surface area contributed by atoms with Gasteiger partial charge in [-0.3, -0.25) is 28.8 Å². The van der Waals surface area contributed by atoms with E-state index < -0.39 is 157 Å². The van der Waals surface area contributed by atoms with Crippen molar-refractivity contribution in [3.63, 3.8) is 0 Å². The van der Waals surface area contributed by atoms with Gasteiger partial charge in [0.1, 0.15) is 44.6 Å². The zero-order chi connectivity index (χ0) is 101. The minimum Gasteiger partial charge on any atom is -0.744 e. The summed E-state index contributed by atoms with van der Waals surface area (Å²) in [4.78, 5) is 86.6. The predicted octanol–water partition coefficient (Wildman–Crippen LogP) is 21.5. The van der Waals surface area contributed by atoms with E-state index in [0.29, 0.717) is 51.9 Å². The summed E-state index contributed by atoms with van der Waals surface area (Å²) in [6.45, 7) is 15.8. The number of hydrogen-bond acceptors (Lipinski definition) is 22. The van der Waals surface area contributed by atoms with Crippen LogP contribution in [0.25, 0.3) is 0 Å². The smallest absolute Gasteiger partial charge is 0.432 e. The average molecular weight is 2030 g/mol. The molecule has 10 unspecified atom stereocenters. The van der Waals surface area contributed by atoms with Crippen LogP contribution in [0.15, 0.2) is 334 Å². The highest BCUT2D eigenvalue weighted by Gasteiger charge is 2.71. The first-order chi connectivity index (χ1) is 65.4. The monoisotopic (exact) mass is 2030 g/mol. The predicted molar refractivity (Wildman–Crippen MR) is 502 cm³/mol. The number of benzene rings is 10. The van der Waals surface area contributed by atoms with Gasteiger partial charge in [0.15, 0.2) is 72.1 Å². The molecule has 139 heavy (non-hydrogen) atoms. The topological polar surface area (TPSA) is 339 Å². The lowest BCUT2D eigenvalue weighted by Gasteiger charge is -2.60. The van der Waals surface area contributed by atoms with Crippen molar-refractivity contribution in [1.82, 2.24) is 0 Å². The van der Waals surface area contributed by atoms with Crippen LogP contribution in [0, 0.1) is 57.2 Å². The van der Waals surface area contributed by atoms with E-state index in [1.54, 1.807) is 41.5 Å². The third-order valence-electron chi connectivity index (χ3n) is 25.9. The van der Waals surface area contributed by atoms with Crippen LogP contribution in [0.1, 0.15) is 133 Å². The molecule has 2 heterocycles. The summed E-state index contributed by atoms with van der Waals surface area (Å²) in [6.07, 6.45) is -10.9. The molecule has 0 spiro atoms. The van der Waals surface area contributed by atoms with Gasteiger partial charge >= 0.3 is 52.5 Å². The lowest BCUT2D eigenvalue weighted by Crippen LogP contribution is -2.62. The Morgan fingerprint density at radius 2 is 0.842 bits per heavy atom. The number of fused-ring (bicyclic) bond motifs is 3. The Balaban J connectivity index is 0.000000152. The molecular formula is C104H107F7O22S6. The van der Waals surface area contributed by atoms with E-state index in [1.165, 1.54) is 70.0 Å². The van der Waals surface area contributed by atoms with E-state index in [1.807, 2.05) is 31.2 Å². The van der Waals surface area contributed by atoms with Gasteiger partial charge in [-0.15, -0.1) is 0 Å². The third-order valence-corrected chi connectivity index (χ3v) is 35.4. The number of esters is 6. The summed E-state index contributed by atoms with van der Waals surface area (Å²) in [5.41, 5.74) is -5.36. The number of halogens is 7. The maximum atomic E-state index is 13.9. The van der Waals surface area contributed by atoms with Crippen molar-refractivity contribution in [3.8, 4) is 17.2 Å². The van der Waals surface area contributed by atoms with Gasteiger partial charge in [-0.1, -0.05) is 172 Å². The molecule has 740 valence electrons. The zero-order valence-electron chi connectivity index (χ0n) is 77.6. The Bertz CT molecular complexity index is 5940. The lowest BCUT2D eigenvalue weighted by atomic mass is 9.48. The average Bonchev–Trinajstić information content (AvgIpc) is 1.65. The summed E-state index contributed by atoms with van der Waals surface area (Å²) < 4.78 is 227. The van der Waals surface area contributed by atoms with Crippen molar-refractivity contribution in [2.75, 3.05) is 0 Å². The normalized spacial score (nSPS) is 21.5. The second kappa shape index (κ2) is 43.7. The van der Waals surface area contributed by atoms with Crippen molar-refractivity contribution in [1.29, 1.82) is 0 Å². The van der Waals surface area contributed by atoms with Gasteiger partial charge in [0, 0.05) is 18.3 Å². The molecule has 10 aromatic rings. The van der Waals surface area contributed by atoms with Crippen LogP contribution in [0.4, 0.5) is 30.7 Å². The number of ether oxygens (including phenoxy) is 7. The van der Waals surface area contributed by atoms with Gasteiger partial charge in [0.2, 0.25) is 9.79 Å². The van der Waals surface area contributed by atoms with Gasteiger partial charge in [0.05, 0.1) is 60.2 Å². The highest BCUT2D eigenvalue weighted by molar-refractivity contribution is 7.97. The van der Waals surface area contributed by atoms with Gasteiger partial charge in [0.25, 0.3) is 6.10 Å². The van der Waals surface area contributed by atoms with Crippen LogP contribution >= 0.6 is 0 Å². The Hall–Kier alpha value is -10.9. The fourth-order valence-electron chi connectivity index (χ4n) is 17.8. The van der Waals surface area contributed by atoms with E-state index in [2.05, 4.69) is 246 Å². The fourth-order valence-corrected chi connectivity index (χ4v) is 25.6. The summed E-state index contributed by atoms with van der Waals surface area (Å²) >= 11 is 0. The minimum atomic E-state index is -6.78. The number of alkyl halides is 7. The van der Waals surface area contributed by atoms with Crippen molar-refractivity contribution < 1.29 is 132 Å². The van der Waals surface area contributed by atoms with Crippen molar-refractivity contribution in [2.24, 2.45) is 57.2 Å². The summed E-state index contributed by atoms with van der Waals surface area (Å²) in [5.74, 6) is -5.28. The molecule has 35 heteroatoms. The van der Waals surface area contributed by atoms with Crippen molar-refractivity contribution >= 4 is 98.9 Å². The van der Waals surface area contributed by atoms with Gasteiger partial charge in [-0.25, -0.2) is 25.3 Å². The molecule has 0 N–H and O–H groups in total. The Morgan fingerprint density at radius 1 is 0.468 bits per heavy atom. The maximum Gasteiger partial charge on any atom is 0.432 e. The number of para-hydroxylation sites is 2. The molecule has 8 aliphatic rings. The van der Waals surface area contributed by atoms with E-state index >= 15 is 0 Å². The van der Waals surface area contributed by atoms with E-state index in [-0.39, 0.29) is 75.5 Å². The zero-order valence-corrected chi connectivity index (χ0v) is 82.5. The standard InChI is InChI=1S/C21H24O9S.C20H27F5O7S.C18H13OS.2C18H15S.C9H16F2O5S/c1-4-21(2,3)20(24)30-17-13-9-12-15(19(23)29-16(12)17)14(13)18(22)28-10-5-7-11(8-6-10)31(25,26)27;1-4-16(2,3)14(26)32-18-8-11-5-12(9-18)7-17(6-11,10-18)15(27)31-13(19(21,22)23)20(24,25)33(28,29)30;1-2-8-14(9-3-1)20-17-12-6-4-10-15(17)19-16-11-5-7-13-18(16)20;2*1-4-10-16(11-5-1)19(17-12-6-2-7-13-17)18-14-8-3-9-15-18;1-5-8(3,4)7(12)16-6(2)9(10,11)17(13,14)15/h5-8,12-17H,4,9H2,1-3H3,(H,25,26,27);11-13H,4-10H2,1-3H3,(H,28,29,30);1-13H;2*1-15H;6H,5H2,1-4H3,(H,13,14,15)/q;;3*+1;/p-3. The molecule has 10 atom stereocenters. The van der Waals surface area contributed by atoms with Crippen molar-refractivity contribution in [2.45, 2.75) is 229 Å². The molecule has 6 aliphatic carbocycles. The quantitative estimate of drug-likeness (QED) is 0.0128. The molecule has 0 aromatic heterocycles. The summed E-state index contributed by atoms with van der Waals surface area (Å²) in [6, 6.07) is 96.1. The Kier molecular flexibility index (Phi) is 33.6. The molecule has 1 saturated heterocycles. The largest absolute Gasteiger partial charge is 0.744 e. The number of carbonyl (C=O) groups excluding carboxylic acids is 6. The molecule has 6 saturated carbocycles. The molecule has 0 amide bonds. The molecule has 2 aliphatic heterocycles. The maximum absolute atomic E-state index is 13.9. The highest BCUT2D eigenvalue weighted by Crippen LogP contribution is 2.65. The van der Waals surface area contributed by atoms with Crippen LogP contribution < -0.4 is 9.47 Å². The second-order valence-electron chi connectivity index (χ2n) is 36.8. The van der Waals surface area contributed by atoms with E-state index in [4.69, 9.17) is 23.7 Å². The molecule has 0 radical (unpaired) electrons. The molecule has 10 aromatic carbocycles. The second-order valence-corrected chi connectivity index (χ2v) is 47.1. The number of hydrogen-bond donors (Lipinski definition) is 0. The fraction of sp³-hybridized carbons (Fsp3) is 0.365. The lowest BCUT2D eigenvalue weighted by molar-refractivity contribution is -0.270. The number of carbonyl (C=O) groups is 6. The van der Waals surface area contributed by atoms with Crippen LogP contribution in [0.5, 0.6) is 17.2 Å². The highest BCUT2D eigenvalue weighted by atomic mass is 32.2. The Labute approximate surface area is 813 Å². The van der Waals surface area contributed by atoms with Crippen LogP contribution in [0.3, 0.4) is 0 Å². The molecule has 22 nitrogen and oxygen atoms in total. The summed E-state index contributed by atoms with van der Waals surface area (Å²) in [5, 5.41) is -10.5. The first kappa shape index (κ1) is 107. The first-order valence-electron chi connectivity index (χ1n) is 44.9. The number of rotatable bonds is 25. The van der Waals surface area contributed by atoms with Crippen LogP contribution in [0.2, 0.25) is 0 Å². The minimum absolute atomic E-state index is 0.0146. The van der Waals surface area contributed by atoms with E-state index in [0.717, 1.165) is 23.6 Å². The van der Waals surface area contributed by atoms with Crippen LogP contribution in [-0.2, 0) is 115 Å². The Morgan fingerprint density at radius 3 is 1.22 bits per heavy atom. The van der Waals surface area contributed by atoms with Crippen molar-refractivity contribution in [3.05, 3.63) is 285 Å². The van der Waals surface area contributed by atoms with E-state index in [9.17, 15) is 98.4 Å².